The maximum Gasteiger partial charge on any atom is 0.164 e. The molecule has 1 aromatic rings. The lowest BCUT2D eigenvalue weighted by molar-refractivity contribution is -0.0496. The van der Waals surface area contributed by atoms with Crippen LogP contribution in [0.4, 0.5) is 0 Å². The van der Waals surface area contributed by atoms with Crippen molar-refractivity contribution in [2.75, 3.05) is 13.2 Å². The second kappa shape index (κ2) is 4.79. The summed E-state index contributed by atoms with van der Waals surface area (Å²) in [4.78, 5) is 2.66. The van der Waals surface area contributed by atoms with Crippen molar-refractivity contribution in [3.8, 4) is 0 Å². The monoisotopic (exact) mass is 205 g/mol. The predicted molar refractivity (Wildman–Crippen MR) is 54.0 cm³/mol. The minimum Gasteiger partial charge on any atom is -0.349 e. The first-order valence-corrected chi connectivity index (χ1v) is 4.73. The van der Waals surface area contributed by atoms with Gasteiger partial charge in [-0.3, -0.25) is 0 Å². The van der Waals surface area contributed by atoms with Crippen LogP contribution in [0.5, 0.6) is 0 Å². The summed E-state index contributed by atoms with van der Waals surface area (Å²) >= 11 is 0. The molecule has 0 saturated carbocycles. The van der Waals surface area contributed by atoms with E-state index in [4.69, 9.17) is 15.0 Å². The average molecular weight is 205 g/mol. The summed E-state index contributed by atoms with van der Waals surface area (Å²) in [6, 6.07) is 9.85. The van der Waals surface area contributed by atoms with Crippen LogP contribution in [0.3, 0.4) is 0 Å². The fourth-order valence-corrected chi connectivity index (χ4v) is 1.50. The summed E-state index contributed by atoms with van der Waals surface area (Å²) in [7, 11) is 0. The topological polar surface area (TPSA) is 67.2 Å². The molecule has 1 heterocycles. The molecule has 0 N–H and O–H groups in total. The van der Waals surface area contributed by atoms with E-state index < -0.39 is 6.29 Å². The normalized spacial score (nSPS) is 24.8. The lowest BCUT2D eigenvalue weighted by Crippen LogP contribution is -2.11. The van der Waals surface area contributed by atoms with Crippen molar-refractivity contribution < 1.29 is 9.47 Å². The fourth-order valence-electron chi connectivity index (χ4n) is 1.50. The molecule has 0 bridgehead atoms. The van der Waals surface area contributed by atoms with Crippen molar-refractivity contribution in [2.24, 2.45) is 5.11 Å². The quantitative estimate of drug-likeness (QED) is 0.432. The maximum atomic E-state index is 8.16. The molecule has 2 atom stereocenters. The van der Waals surface area contributed by atoms with Gasteiger partial charge in [-0.2, -0.15) is 0 Å². The van der Waals surface area contributed by atoms with E-state index in [1.165, 1.54) is 0 Å². The average Bonchev–Trinajstić information content (AvgIpc) is 2.76. The van der Waals surface area contributed by atoms with Crippen molar-refractivity contribution >= 4 is 0 Å². The van der Waals surface area contributed by atoms with Crippen molar-refractivity contribution in [3.63, 3.8) is 0 Å². The van der Waals surface area contributed by atoms with Crippen molar-refractivity contribution in [1.29, 1.82) is 0 Å². The van der Waals surface area contributed by atoms with Crippen LogP contribution in [0, 0.1) is 0 Å². The van der Waals surface area contributed by atoms with Gasteiger partial charge in [-0.05, 0) is 11.1 Å². The van der Waals surface area contributed by atoms with Crippen LogP contribution in [0.2, 0.25) is 0 Å². The van der Waals surface area contributed by atoms with Crippen LogP contribution < -0.4 is 0 Å². The lowest BCUT2D eigenvalue weighted by atomic mass is 10.1. The Hall–Kier alpha value is -1.55. The van der Waals surface area contributed by atoms with Crippen LogP contribution in [0.15, 0.2) is 35.4 Å². The molecule has 0 amide bonds. The highest BCUT2D eigenvalue weighted by molar-refractivity contribution is 5.18. The number of benzene rings is 1. The number of rotatable bonds is 3. The summed E-state index contributed by atoms with van der Waals surface area (Å²) in [6.07, 6.45) is -0.462. The van der Waals surface area contributed by atoms with E-state index in [2.05, 4.69) is 10.0 Å². The minimum absolute atomic E-state index is 0.0508. The van der Waals surface area contributed by atoms with Crippen LogP contribution in [0.25, 0.3) is 10.4 Å². The van der Waals surface area contributed by atoms with E-state index in [-0.39, 0.29) is 12.6 Å². The summed E-state index contributed by atoms with van der Waals surface area (Å²) < 4.78 is 10.9. The number of azide groups is 1. The van der Waals surface area contributed by atoms with Crippen molar-refractivity contribution in [2.45, 2.75) is 12.4 Å². The molecular formula is C10H11N3O2. The van der Waals surface area contributed by atoms with E-state index in [0.717, 1.165) is 5.56 Å². The molecule has 0 aromatic heterocycles. The molecule has 1 saturated heterocycles. The van der Waals surface area contributed by atoms with Crippen LogP contribution >= 0.6 is 0 Å². The third kappa shape index (κ3) is 2.47. The highest BCUT2D eigenvalue weighted by atomic mass is 16.7. The molecule has 15 heavy (non-hydrogen) atoms. The van der Waals surface area contributed by atoms with Gasteiger partial charge in [-0.1, -0.05) is 35.4 Å². The molecule has 5 heteroatoms. The zero-order valence-corrected chi connectivity index (χ0v) is 8.11. The Balaban J connectivity index is 1.95. The van der Waals surface area contributed by atoms with Gasteiger partial charge in [0.15, 0.2) is 6.29 Å². The van der Waals surface area contributed by atoms with Crippen molar-refractivity contribution in [1.82, 2.24) is 0 Å². The van der Waals surface area contributed by atoms with Gasteiger partial charge < -0.3 is 9.47 Å². The predicted octanol–water partition coefficient (Wildman–Crippen LogP) is 2.41. The fraction of sp³-hybridized carbons (Fsp3) is 0.400. The first kappa shape index (κ1) is 9.98. The Morgan fingerprint density at radius 3 is 2.93 bits per heavy atom. The van der Waals surface area contributed by atoms with E-state index in [0.29, 0.717) is 6.61 Å². The standard InChI is InChI=1S/C10H11N3O2/c11-13-12-6-10-14-7-9(15-10)8-4-2-1-3-5-8/h1-5,9-10H,6-7H2. The van der Waals surface area contributed by atoms with Gasteiger partial charge in [-0.15, -0.1) is 0 Å². The Bertz CT molecular complexity index is 362. The third-order valence-electron chi connectivity index (χ3n) is 2.21. The van der Waals surface area contributed by atoms with E-state index in [1.54, 1.807) is 0 Å². The first-order chi connectivity index (χ1) is 7.40. The number of hydrogen-bond donors (Lipinski definition) is 0. The molecule has 1 aromatic carbocycles. The number of ether oxygens (including phenoxy) is 2. The van der Waals surface area contributed by atoms with Crippen LogP contribution in [-0.2, 0) is 9.47 Å². The van der Waals surface area contributed by atoms with Gasteiger partial charge in [0.1, 0.15) is 6.10 Å². The van der Waals surface area contributed by atoms with Gasteiger partial charge in [0.05, 0.1) is 13.2 Å². The molecule has 5 nitrogen and oxygen atoms in total. The van der Waals surface area contributed by atoms with Crippen LogP contribution in [0.1, 0.15) is 11.7 Å². The molecule has 2 rings (SSSR count). The van der Waals surface area contributed by atoms with Crippen LogP contribution in [-0.4, -0.2) is 19.4 Å². The highest BCUT2D eigenvalue weighted by Crippen LogP contribution is 2.26. The highest BCUT2D eigenvalue weighted by Gasteiger charge is 2.26. The molecule has 1 fully saturated rings. The SMILES string of the molecule is [N-]=[N+]=NCC1OCC(c2ccccc2)O1. The molecule has 0 radical (unpaired) electrons. The zero-order valence-electron chi connectivity index (χ0n) is 8.11. The molecule has 0 aliphatic carbocycles. The minimum atomic E-state index is -0.411. The zero-order chi connectivity index (χ0) is 10.5. The Morgan fingerprint density at radius 1 is 1.40 bits per heavy atom. The lowest BCUT2D eigenvalue weighted by Gasteiger charge is -2.09. The molecular weight excluding hydrogens is 194 g/mol. The van der Waals surface area contributed by atoms with Gasteiger partial charge in [0, 0.05) is 4.91 Å². The van der Waals surface area contributed by atoms with Gasteiger partial charge in [0.2, 0.25) is 0 Å². The molecule has 1 aliphatic heterocycles. The summed E-state index contributed by atoms with van der Waals surface area (Å²) in [5.74, 6) is 0. The Kier molecular flexibility index (Phi) is 3.19. The Labute approximate surface area is 87.2 Å². The maximum absolute atomic E-state index is 8.16. The number of nitrogens with zero attached hydrogens (tertiary/aromatic N) is 3. The smallest absolute Gasteiger partial charge is 0.164 e. The largest absolute Gasteiger partial charge is 0.349 e. The summed E-state index contributed by atoms with van der Waals surface area (Å²) in [5, 5.41) is 3.41. The van der Waals surface area contributed by atoms with E-state index >= 15 is 0 Å². The first-order valence-electron chi connectivity index (χ1n) is 4.73. The summed E-state index contributed by atoms with van der Waals surface area (Å²) in [6.45, 7) is 0.732. The molecule has 78 valence electrons. The van der Waals surface area contributed by atoms with E-state index in [1.807, 2.05) is 30.3 Å². The van der Waals surface area contributed by atoms with Crippen molar-refractivity contribution in [3.05, 3.63) is 46.3 Å². The second-order valence-corrected chi connectivity index (χ2v) is 3.21. The van der Waals surface area contributed by atoms with E-state index in [9.17, 15) is 0 Å². The van der Waals surface area contributed by atoms with Gasteiger partial charge in [0.25, 0.3) is 0 Å². The van der Waals surface area contributed by atoms with Gasteiger partial charge in [-0.25, -0.2) is 0 Å². The van der Waals surface area contributed by atoms with Gasteiger partial charge >= 0.3 is 0 Å². The Morgan fingerprint density at radius 2 is 2.20 bits per heavy atom. The second-order valence-electron chi connectivity index (χ2n) is 3.21. The molecule has 0 spiro atoms. The molecule has 2 unspecified atom stereocenters. The third-order valence-corrected chi connectivity index (χ3v) is 2.21. The molecule has 1 aliphatic rings. The number of hydrogen-bond acceptors (Lipinski definition) is 3. The summed E-state index contributed by atoms with van der Waals surface area (Å²) in [5.41, 5.74) is 9.24.